The highest BCUT2D eigenvalue weighted by atomic mass is 16.4. The summed E-state index contributed by atoms with van der Waals surface area (Å²) in [7, 11) is 0. The molecule has 0 aromatic heterocycles. The lowest BCUT2D eigenvalue weighted by molar-refractivity contribution is -0.170. The number of rotatable bonds is 11. The molecule has 4 N–H and O–H groups in total. The van der Waals surface area contributed by atoms with Crippen LogP contribution in [0, 0.1) is 0 Å². The zero-order valence-electron chi connectivity index (χ0n) is 14.1. The average molecular weight is 335 g/mol. The van der Waals surface area contributed by atoms with Gasteiger partial charge >= 0.3 is 17.9 Å². The monoisotopic (exact) mass is 335 g/mol. The molecule has 0 aromatic rings. The van der Waals surface area contributed by atoms with Gasteiger partial charge in [-0.05, 0) is 38.9 Å². The molecule has 0 unspecified atom stereocenters. The average Bonchev–Trinajstić information content (AvgIpc) is 2.38. The first-order chi connectivity index (χ1) is 10.6. The molecule has 0 aliphatic heterocycles. The molecule has 136 valence electrons. The summed E-state index contributed by atoms with van der Waals surface area (Å²) in [5.41, 5.74) is -2.74. The van der Waals surface area contributed by atoms with Crippen LogP contribution in [0.4, 0.5) is 0 Å². The fraction of sp³-hybridized carbons (Fsp3) is 0.800. The summed E-state index contributed by atoms with van der Waals surface area (Å²) in [5.74, 6) is -5.02. The zero-order chi connectivity index (χ0) is 18.5. The molecule has 0 radical (unpaired) electrons. The molecule has 0 amide bonds. The molecule has 0 spiro atoms. The number of hydrogen-bond donors (Lipinski definition) is 4. The smallest absolute Gasteiger partial charge is 0.336 e. The molecule has 8 nitrogen and oxygen atoms in total. The van der Waals surface area contributed by atoms with E-state index in [1.165, 1.54) is 38.9 Å². The van der Waals surface area contributed by atoms with Gasteiger partial charge in [0.05, 0.1) is 12.8 Å². The second-order valence-corrected chi connectivity index (χ2v) is 5.32. The quantitative estimate of drug-likeness (QED) is 0.443. The number of carbonyl (C=O) groups is 3. The van der Waals surface area contributed by atoms with E-state index in [0.29, 0.717) is 0 Å². The van der Waals surface area contributed by atoms with Gasteiger partial charge in [-0.15, -0.1) is 0 Å². The van der Waals surface area contributed by atoms with Crippen molar-refractivity contribution in [2.75, 3.05) is 19.6 Å². The summed E-state index contributed by atoms with van der Waals surface area (Å²) >= 11 is 0. The van der Waals surface area contributed by atoms with Gasteiger partial charge in [0.1, 0.15) is 0 Å². The predicted molar refractivity (Wildman–Crippen MR) is 84.4 cm³/mol. The molecule has 0 bridgehead atoms. The van der Waals surface area contributed by atoms with Gasteiger partial charge in [-0.3, -0.25) is 9.59 Å². The Morgan fingerprint density at radius 1 is 0.783 bits per heavy atom. The zero-order valence-corrected chi connectivity index (χ0v) is 14.1. The second kappa shape index (κ2) is 12.8. The third-order valence-electron chi connectivity index (χ3n) is 2.90. The summed E-state index contributed by atoms with van der Waals surface area (Å²) in [6.45, 7) is 10.6. The van der Waals surface area contributed by atoms with Gasteiger partial charge in [0.2, 0.25) is 0 Å². The molecule has 8 heteroatoms. The van der Waals surface area contributed by atoms with Crippen LogP contribution in [0.25, 0.3) is 0 Å². The van der Waals surface area contributed by atoms with E-state index in [0.717, 1.165) is 0 Å². The van der Waals surface area contributed by atoms with Gasteiger partial charge in [-0.2, -0.15) is 0 Å². The van der Waals surface area contributed by atoms with E-state index in [4.69, 9.17) is 20.4 Å². The number of carboxylic acids is 3. The molecular weight excluding hydrogens is 306 g/mol. The third kappa shape index (κ3) is 12.5. The second-order valence-electron chi connectivity index (χ2n) is 5.32. The summed E-state index contributed by atoms with van der Waals surface area (Å²) in [5, 5.41) is 33.8. The van der Waals surface area contributed by atoms with E-state index < -0.39 is 36.4 Å². The van der Waals surface area contributed by atoms with Crippen LogP contribution < -0.4 is 0 Å². The highest BCUT2D eigenvalue weighted by Gasteiger charge is 2.40. The first kappa shape index (κ1) is 23.6. The topological polar surface area (TPSA) is 135 Å². The Morgan fingerprint density at radius 2 is 1.09 bits per heavy atom. The molecule has 0 saturated heterocycles. The van der Waals surface area contributed by atoms with Crippen molar-refractivity contribution in [2.45, 2.75) is 58.5 Å². The van der Waals surface area contributed by atoms with Crippen LogP contribution in [0.5, 0.6) is 0 Å². The van der Waals surface area contributed by atoms with Crippen molar-refractivity contribution < 1.29 is 34.8 Å². The lowest BCUT2D eigenvalue weighted by atomic mass is 9.96. The summed E-state index contributed by atoms with van der Waals surface area (Å²) in [6, 6.07) is 0. The third-order valence-corrected chi connectivity index (χ3v) is 2.90. The van der Waals surface area contributed by atoms with Crippen LogP contribution in [-0.4, -0.2) is 68.5 Å². The van der Waals surface area contributed by atoms with E-state index in [1.54, 1.807) is 0 Å². The van der Waals surface area contributed by atoms with Crippen molar-refractivity contribution >= 4 is 17.9 Å². The molecule has 0 rings (SSSR count). The van der Waals surface area contributed by atoms with Gasteiger partial charge in [0.15, 0.2) is 5.60 Å². The van der Waals surface area contributed by atoms with Gasteiger partial charge in [0, 0.05) is 0 Å². The van der Waals surface area contributed by atoms with Crippen molar-refractivity contribution in [1.29, 1.82) is 0 Å². The molecule has 0 heterocycles. The fourth-order valence-electron chi connectivity index (χ4n) is 2.00. The number of hydrogen-bond acceptors (Lipinski definition) is 5. The Bertz CT molecular complexity index is 341. The molecule has 0 aliphatic carbocycles. The minimum Gasteiger partial charge on any atom is -0.481 e. The first-order valence-electron chi connectivity index (χ1n) is 7.74. The molecule has 0 aliphatic rings. The predicted octanol–water partition coefficient (Wildman–Crippen LogP) is 1.27. The van der Waals surface area contributed by atoms with Crippen molar-refractivity contribution in [3.63, 3.8) is 0 Å². The molecular formula is C15H29NO7. The van der Waals surface area contributed by atoms with Gasteiger partial charge in [-0.25, -0.2) is 4.79 Å². The van der Waals surface area contributed by atoms with Gasteiger partial charge < -0.3 is 25.3 Å². The van der Waals surface area contributed by atoms with Crippen LogP contribution in [0.1, 0.15) is 52.9 Å². The van der Waals surface area contributed by atoms with Crippen molar-refractivity contribution in [3.8, 4) is 0 Å². The standard InChI is InChI=1S/C9H21N.C6H8O7/c1-4-7-10(8-5-2)9-6-3;7-3(8)1-6(13,5(11)12)2-4(9)10/h4-9H2,1-3H3;13H,1-2H2,(H,7,8)(H,9,10)(H,11,12). The Kier molecular flexibility index (Phi) is 13.2. The Balaban J connectivity index is 0. The Morgan fingerprint density at radius 3 is 1.26 bits per heavy atom. The molecule has 0 aromatic carbocycles. The maximum absolute atomic E-state index is 10.3. The number of nitrogens with zero attached hydrogens (tertiary/aromatic N) is 1. The largest absolute Gasteiger partial charge is 0.481 e. The minimum atomic E-state index is -2.74. The lowest BCUT2D eigenvalue weighted by Gasteiger charge is -2.19. The normalized spacial score (nSPS) is 10.8. The molecule has 0 saturated carbocycles. The highest BCUT2D eigenvalue weighted by Crippen LogP contribution is 2.15. The van der Waals surface area contributed by atoms with Crippen molar-refractivity contribution in [3.05, 3.63) is 0 Å². The number of aliphatic hydroxyl groups is 1. The maximum Gasteiger partial charge on any atom is 0.336 e. The number of aliphatic carboxylic acids is 3. The summed E-state index contributed by atoms with van der Waals surface area (Å²) < 4.78 is 0. The molecule has 0 fully saturated rings. The van der Waals surface area contributed by atoms with E-state index >= 15 is 0 Å². The van der Waals surface area contributed by atoms with E-state index in [9.17, 15) is 14.4 Å². The minimum absolute atomic E-state index is 1.14. The Hall–Kier alpha value is -1.67. The van der Waals surface area contributed by atoms with Crippen LogP contribution in [0.3, 0.4) is 0 Å². The summed E-state index contributed by atoms with van der Waals surface area (Å²) in [4.78, 5) is 33.0. The lowest BCUT2D eigenvalue weighted by Crippen LogP contribution is -2.42. The van der Waals surface area contributed by atoms with Crippen molar-refractivity contribution in [2.24, 2.45) is 0 Å². The van der Waals surface area contributed by atoms with Crippen molar-refractivity contribution in [1.82, 2.24) is 4.90 Å². The van der Waals surface area contributed by atoms with E-state index in [2.05, 4.69) is 25.7 Å². The number of carboxylic acid groups (broad SMARTS) is 3. The highest BCUT2D eigenvalue weighted by molar-refractivity contribution is 5.88. The first-order valence-corrected chi connectivity index (χ1v) is 7.74. The molecule has 0 atom stereocenters. The fourth-order valence-corrected chi connectivity index (χ4v) is 2.00. The SMILES string of the molecule is CCCN(CCC)CCC.O=C(O)CC(O)(CC(=O)O)C(=O)O. The van der Waals surface area contributed by atoms with Crippen LogP contribution in [-0.2, 0) is 14.4 Å². The Labute approximate surface area is 136 Å². The van der Waals surface area contributed by atoms with E-state index in [-0.39, 0.29) is 0 Å². The van der Waals surface area contributed by atoms with E-state index in [1.807, 2.05) is 0 Å². The van der Waals surface area contributed by atoms with Crippen LogP contribution in [0.15, 0.2) is 0 Å². The maximum atomic E-state index is 10.3. The van der Waals surface area contributed by atoms with Crippen LogP contribution in [0.2, 0.25) is 0 Å². The van der Waals surface area contributed by atoms with Gasteiger partial charge in [0.25, 0.3) is 0 Å². The van der Waals surface area contributed by atoms with Crippen LogP contribution >= 0.6 is 0 Å². The summed E-state index contributed by atoms with van der Waals surface area (Å²) in [6.07, 6.45) is 1.59. The molecule has 23 heavy (non-hydrogen) atoms. The van der Waals surface area contributed by atoms with Gasteiger partial charge in [-0.1, -0.05) is 20.8 Å².